The van der Waals surface area contributed by atoms with E-state index in [-0.39, 0.29) is 41.3 Å². The monoisotopic (exact) mass is 574 g/mol. The highest BCUT2D eigenvalue weighted by Crippen LogP contribution is 2.36. The van der Waals surface area contributed by atoms with Gasteiger partial charge in [0.05, 0.1) is 31.0 Å². The Kier molecular flexibility index (Phi) is 8.70. The van der Waals surface area contributed by atoms with E-state index in [9.17, 15) is 0 Å². The van der Waals surface area contributed by atoms with Crippen molar-refractivity contribution in [1.29, 1.82) is 0 Å². The van der Waals surface area contributed by atoms with Gasteiger partial charge in [-0.15, -0.1) is 0 Å². The van der Waals surface area contributed by atoms with Crippen molar-refractivity contribution < 1.29 is 22.7 Å². The highest BCUT2D eigenvalue weighted by Gasteiger charge is 2.36. The van der Waals surface area contributed by atoms with Crippen molar-refractivity contribution in [2.75, 3.05) is 20.3 Å². The van der Waals surface area contributed by atoms with Gasteiger partial charge in [-0.05, 0) is 30.3 Å². The van der Waals surface area contributed by atoms with Crippen LogP contribution in [0.4, 0.5) is 8.78 Å². The average molecular weight is 575 g/mol. The quantitative estimate of drug-likeness (QED) is 0.115. The summed E-state index contributed by atoms with van der Waals surface area (Å²) in [5, 5.41) is 5.66. The van der Waals surface area contributed by atoms with Crippen molar-refractivity contribution in [2.24, 2.45) is 0 Å². The van der Waals surface area contributed by atoms with Crippen LogP contribution in [0.25, 0.3) is 22.4 Å². The third kappa shape index (κ3) is 6.63. The summed E-state index contributed by atoms with van der Waals surface area (Å²) in [6.07, 6.45) is 0. The van der Waals surface area contributed by atoms with Crippen molar-refractivity contribution in [3.05, 3.63) is 70.5 Å². The first-order valence-electron chi connectivity index (χ1n) is 12.6. The lowest BCUT2D eigenvalue weighted by molar-refractivity contribution is 0.181. The standard InChI is InChI=1S/C28H33ClF2N4O3Si/c1-28(2,3)39(5,6)38-12-11-37-19-14-22(30)21(23(31)15-19)16-35-24-10-8-7-9-20(24)26(34-35)27-32-18(17-36-4)13-25(29)33-27/h7-10,13-15H,11-12,16-17H2,1-6H3. The zero-order chi connectivity index (χ0) is 28.4. The molecule has 0 N–H and O–H groups in total. The molecule has 0 fully saturated rings. The Morgan fingerprint density at radius 2 is 1.69 bits per heavy atom. The fraction of sp³-hybridized carbons (Fsp3) is 0.393. The van der Waals surface area contributed by atoms with E-state index in [0.29, 0.717) is 29.3 Å². The number of benzene rings is 2. The van der Waals surface area contributed by atoms with Crippen LogP contribution < -0.4 is 4.74 Å². The molecule has 4 rings (SSSR count). The number of aromatic nitrogens is 4. The van der Waals surface area contributed by atoms with E-state index in [2.05, 4.69) is 48.9 Å². The molecule has 2 heterocycles. The van der Waals surface area contributed by atoms with E-state index in [4.69, 9.17) is 25.5 Å². The van der Waals surface area contributed by atoms with E-state index < -0.39 is 20.0 Å². The molecule has 0 spiro atoms. The van der Waals surface area contributed by atoms with E-state index >= 15 is 8.78 Å². The smallest absolute Gasteiger partial charge is 0.192 e. The molecule has 208 valence electrons. The normalized spacial score (nSPS) is 12.3. The molecular weight excluding hydrogens is 542 g/mol. The van der Waals surface area contributed by atoms with Crippen LogP contribution in [0.15, 0.2) is 42.5 Å². The van der Waals surface area contributed by atoms with E-state index in [1.165, 1.54) is 16.8 Å². The van der Waals surface area contributed by atoms with Gasteiger partial charge in [-0.3, -0.25) is 4.68 Å². The molecule has 11 heteroatoms. The number of nitrogens with zero attached hydrogens (tertiary/aromatic N) is 4. The van der Waals surface area contributed by atoms with E-state index in [1.54, 1.807) is 13.2 Å². The number of hydrogen-bond acceptors (Lipinski definition) is 6. The van der Waals surface area contributed by atoms with Gasteiger partial charge in [0, 0.05) is 30.2 Å². The highest BCUT2D eigenvalue weighted by molar-refractivity contribution is 6.74. The molecule has 0 bridgehead atoms. The Morgan fingerprint density at radius 1 is 1.00 bits per heavy atom. The second kappa shape index (κ2) is 11.7. The number of ether oxygens (including phenoxy) is 2. The number of hydrogen-bond donors (Lipinski definition) is 0. The summed E-state index contributed by atoms with van der Waals surface area (Å²) in [5.41, 5.74) is 1.58. The summed E-state index contributed by atoms with van der Waals surface area (Å²) in [5.74, 6) is -1.04. The van der Waals surface area contributed by atoms with Gasteiger partial charge < -0.3 is 13.9 Å². The topological polar surface area (TPSA) is 71.3 Å². The molecular formula is C28H33ClF2N4O3Si. The minimum absolute atomic E-state index is 0.0640. The average Bonchev–Trinajstić information content (AvgIpc) is 3.22. The van der Waals surface area contributed by atoms with Crippen LogP contribution in [-0.4, -0.2) is 48.4 Å². The van der Waals surface area contributed by atoms with Crippen LogP contribution in [0, 0.1) is 11.6 Å². The number of methoxy groups -OCH3 is 1. The van der Waals surface area contributed by atoms with Gasteiger partial charge in [0.1, 0.15) is 34.8 Å². The number of para-hydroxylation sites is 1. The fourth-order valence-corrected chi connectivity index (χ4v) is 5.07. The molecule has 0 saturated carbocycles. The molecule has 0 saturated heterocycles. The maximum atomic E-state index is 15.1. The van der Waals surface area contributed by atoms with Gasteiger partial charge in [0.15, 0.2) is 14.1 Å². The van der Waals surface area contributed by atoms with Crippen LogP contribution in [-0.2, 0) is 22.3 Å². The number of fused-ring (bicyclic) bond motifs is 1. The Labute approximate surface area is 233 Å². The molecule has 7 nitrogen and oxygen atoms in total. The second-order valence-electron chi connectivity index (χ2n) is 10.8. The van der Waals surface area contributed by atoms with Gasteiger partial charge in [-0.25, -0.2) is 18.7 Å². The minimum Gasteiger partial charge on any atom is -0.491 e. The van der Waals surface area contributed by atoms with Crippen LogP contribution in [0.1, 0.15) is 32.0 Å². The Morgan fingerprint density at radius 3 is 2.36 bits per heavy atom. The Bertz CT molecular complexity index is 1450. The van der Waals surface area contributed by atoms with Crippen molar-refractivity contribution in [3.63, 3.8) is 0 Å². The van der Waals surface area contributed by atoms with Crippen LogP contribution in [0.5, 0.6) is 5.75 Å². The predicted molar refractivity (Wildman–Crippen MR) is 151 cm³/mol. The van der Waals surface area contributed by atoms with Crippen LogP contribution >= 0.6 is 11.6 Å². The molecule has 0 aliphatic carbocycles. The van der Waals surface area contributed by atoms with Crippen LogP contribution in [0.2, 0.25) is 23.3 Å². The maximum Gasteiger partial charge on any atom is 0.192 e. The van der Waals surface area contributed by atoms with Crippen molar-refractivity contribution >= 4 is 30.8 Å². The second-order valence-corrected chi connectivity index (χ2v) is 16.0. The Balaban J connectivity index is 1.56. The zero-order valence-corrected chi connectivity index (χ0v) is 24.8. The number of rotatable bonds is 10. The van der Waals surface area contributed by atoms with Crippen molar-refractivity contribution in [3.8, 4) is 17.3 Å². The third-order valence-corrected chi connectivity index (χ3v) is 11.7. The molecule has 0 unspecified atom stereocenters. The van der Waals surface area contributed by atoms with Gasteiger partial charge in [0.2, 0.25) is 0 Å². The minimum atomic E-state index is -1.93. The molecule has 0 atom stereocenters. The predicted octanol–water partition coefficient (Wildman–Crippen LogP) is 7.02. The van der Waals surface area contributed by atoms with Crippen LogP contribution in [0.3, 0.4) is 0 Å². The van der Waals surface area contributed by atoms with Gasteiger partial charge in [-0.1, -0.05) is 50.6 Å². The van der Waals surface area contributed by atoms with Crippen molar-refractivity contribution in [2.45, 2.75) is 52.1 Å². The van der Waals surface area contributed by atoms with E-state index in [1.807, 2.05) is 24.3 Å². The van der Waals surface area contributed by atoms with E-state index in [0.717, 1.165) is 5.39 Å². The maximum absolute atomic E-state index is 15.1. The summed E-state index contributed by atoms with van der Waals surface area (Å²) in [7, 11) is -0.375. The van der Waals surface area contributed by atoms with Gasteiger partial charge in [0.25, 0.3) is 0 Å². The molecule has 0 aliphatic rings. The molecule has 0 aliphatic heterocycles. The third-order valence-electron chi connectivity index (χ3n) is 6.95. The summed E-state index contributed by atoms with van der Waals surface area (Å²) in [4.78, 5) is 8.82. The first-order chi connectivity index (χ1) is 18.4. The molecule has 39 heavy (non-hydrogen) atoms. The summed E-state index contributed by atoms with van der Waals surface area (Å²) >= 11 is 6.21. The largest absolute Gasteiger partial charge is 0.491 e. The lowest BCUT2D eigenvalue weighted by atomic mass is 10.1. The zero-order valence-electron chi connectivity index (χ0n) is 23.0. The molecule has 2 aromatic heterocycles. The molecule has 0 radical (unpaired) electrons. The molecule has 2 aromatic carbocycles. The number of halogens is 3. The Hall–Kier alpha value is -2.92. The van der Waals surface area contributed by atoms with Gasteiger partial charge >= 0.3 is 0 Å². The van der Waals surface area contributed by atoms with Gasteiger partial charge in [-0.2, -0.15) is 5.10 Å². The molecule has 4 aromatic rings. The molecule has 0 amide bonds. The van der Waals surface area contributed by atoms with Crippen molar-refractivity contribution in [1.82, 2.24) is 19.7 Å². The summed E-state index contributed by atoms with van der Waals surface area (Å²) < 4.78 is 48.6. The summed E-state index contributed by atoms with van der Waals surface area (Å²) in [6.45, 7) is 11.4. The summed E-state index contributed by atoms with van der Waals surface area (Å²) in [6, 6.07) is 11.3. The lowest BCUT2D eigenvalue weighted by Gasteiger charge is -2.36. The SMILES string of the molecule is COCc1cc(Cl)nc(-c2nn(Cc3c(F)cc(OCCO[Si](C)(C)C(C)(C)C)cc3F)c3ccccc23)n1. The first-order valence-corrected chi connectivity index (χ1v) is 15.9. The highest BCUT2D eigenvalue weighted by atomic mass is 35.5. The first kappa shape index (κ1) is 29.1. The fourth-order valence-electron chi connectivity index (χ4n) is 3.84. The lowest BCUT2D eigenvalue weighted by Crippen LogP contribution is -2.41.